The fraction of sp³-hybridized carbons (Fsp3) is 0.235. The molecule has 2 aromatic rings. The van der Waals surface area contributed by atoms with E-state index in [-0.39, 0.29) is 11.7 Å². The Morgan fingerprint density at radius 3 is 2.95 bits per heavy atom. The lowest BCUT2D eigenvalue weighted by molar-refractivity contribution is -0.116. The number of nitrogens with zero attached hydrogens (tertiary/aromatic N) is 1. The highest BCUT2D eigenvalue weighted by molar-refractivity contribution is 5.99. The quantitative estimate of drug-likeness (QED) is 0.876. The maximum Gasteiger partial charge on any atom is 0.224 e. The van der Waals surface area contributed by atoms with Crippen LogP contribution >= 0.6 is 0 Å². The molecule has 2 heterocycles. The number of anilines is 1. The lowest BCUT2D eigenvalue weighted by Gasteiger charge is -2.17. The summed E-state index contributed by atoms with van der Waals surface area (Å²) in [6.07, 6.45) is 5.86. The Bertz CT molecular complexity index is 680. The fourth-order valence-corrected chi connectivity index (χ4v) is 2.51. The summed E-state index contributed by atoms with van der Waals surface area (Å²) >= 11 is 0. The Morgan fingerprint density at radius 2 is 2.14 bits per heavy atom. The Labute approximate surface area is 123 Å². The summed E-state index contributed by atoms with van der Waals surface area (Å²) in [6.45, 7) is 0. The van der Waals surface area contributed by atoms with Crippen molar-refractivity contribution in [1.82, 2.24) is 4.98 Å². The van der Waals surface area contributed by atoms with Gasteiger partial charge in [0.2, 0.25) is 5.91 Å². The summed E-state index contributed by atoms with van der Waals surface area (Å²) in [4.78, 5) is 27.6. The van der Waals surface area contributed by atoms with E-state index in [1.165, 1.54) is 0 Å². The summed E-state index contributed by atoms with van der Waals surface area (Å²) in [7, 11) is 0. The molecular weight excluding hydrogens is 264 g/mol. The van der Waals surface area contributed by atoms with E-state index in [0.717, 1.165) is 16.8 Å². The van der Waals surface area contributed by atoms with Crippen LogP contribution in [-0.4, -0.2) is 16.7 Å². The number of fused-ring (bicyclic) bond motifs is 1. The van der Waals surface area contributed by atoms with Gasteiger partial charge in [-0.15, -0.1) is 0 Å². The third-order valence-corrected chi connectivity index (χ3v) is 3.69. The molecule has 0 spiro atoms. The van der Waals surface area contributed by atoms with Gasteiger partial charge in [0.15, 0.2) is 5.78 Å². The minimum atomic E-state index is 0.0400. The molecular formula is C17H16N2O2. The highest BCUT2D eigenvalue weighted by Gasteiger charge is 2.16. The summed E-state index contributed by atoms with van der Waals surface area (Å²) in [5.41, 5.74) is 3.65. The molecule has 0 aliphatic carbocycles. The van der Waals surface area contributed by atoms with E-state index in [0.29, 0.717) is 31.2 Å². The molecule has 0 saturated heterocycles. The molecule has 0 saturated carbocycles. The number of ketones is 1. The molecule has 0 fully saturated rings. The Morgan fingerprint density at radius 1 is 1.24 bits per heavy atom. The van der Waals surface area contributed by atoms with Crippen LogP contribution in [-0.2, 0) is 17.6 Å². The molecule has 106 valence electrons. The molecule has 3 rings (SSSR count). The van der Waals surface area contributed by atoms with Crippen LogP contribution < -0.4 is 5.32 Å². The van der Waals surface area contributed by atoms with E-state index in [9.17, 15) is 9.59 Å². The van der Waals surface area contributed by atoms with Crippen molar-refractivity contribution in [3.63, 3.8) is 0 Å². The van der Waals surface area contributed by atoms with Gasteiger partial charge in [0.1, 0.15) is 0 Å². The van der Waals surface area contributed by atoms with Gasteiger partial charge >= 0.3 is 0 Å². The molecule has 0 unspecified atom stereocenters. The molecule has 0 atom stereocenters. The van der Waals surface area contributed by atoms with Crippen LogP contribution in [0.2, 0.25) is 0 Å². The first kappa shape index (κ1) is 13.5. The zero-order valence-corrected chi connectivity index (χ0v) is 11.6. The van der Waals surface area contributed by atoms with Gasteiger partial charge in [-0.25, -0.2) is 0 Å². The Kier molecular flexibility index (Phi) is 3.77. The molecule has 1 amide bonds. The second kappa shape index (κ2) is 5.87. The minimum absolute atomic E-state index is 0.0400. The fourth-order valence-electron chi connectivity index (χ4n) is 2.51. The van der Waals surface area contributed by atoms with Crippen molar-refractivity contribution < 1.29 is 9.59 Å². The first-order valence-corrected chi connectivity index (χ1v) is 7.07. The number of carbonyl (C=O) groups is 2. The predicted octanol–water partition coefficient (Wildman–Crippen LogP) is 2.78. The summed E-state index contributed by atoms with van der Waals surface area (Å²) < 4.78 is 0. The second-order valence-corrected chi connectivity index (χ2v) is 5.20. The van der Waals surface area contributed by atoms with Gasteiger partial charge in [-0.2, -0.15) is 0 Å². The average molecular weight is 280 g/mol. The second-order valence-electron chi connectivity index (χ2n) is 5.20. The van der Waals surface area contributed by atoms with E-state index in [4.69, 9.17) is 0 Å². The van der Waals surface area contributed by atoms with Crippen molar-refractivity contribution in [2.45, 2.75) is 25.7 Å². The number of pyridine rings is 1. The van der Waals surface area contributed by atoms with Crippen LogP contribution in [0.15, 0.2) is 42.7 Å². The topological polar surface area (TPSA) is 59.1 Å². The van der Waals surface area contributed by atoms with Gasteiger partial charge in [-0.3, -0.25) is 14.6 Å². The van der Waals surface area contributed by atoms with Gasteiger partial charge < -0.3 is 5.32 Å². The van der Waals surface area contributed by atoms with E-state index < -0.39 is 0 Å². The van der Waals surface area contributed by atoms with Gasteiger partial charge in [0.25, 0.3) is 0 Å². The zero-order chi connectivity index (χ0) is 14.7. The van der Waals surface area contributed by atoms with Crippen molar-refractivity contribution in [2.75, 3.05) is 5.32 Å². The van der Waals surface area contributed by atoms with Crippen molar-refractivity contribution in [3.05, 3.63) is 59.4 Å². The summed E-state index contributed by atoms with van der Waals surface area (Å²) in [6, 6.07) is 9.37. The predicted molar refractivity (Wildman–Crippen MR) is 80.3 cm³/mol. The Balaban J connectivity index is 1.69. The molecule has 1 aromatic carbocycles. The summed E-state index contributed by atoms with van der Waals surface area (Å²) in [5.74, 6) is 0.164. The molecule has 1 aliphatic rings. The van der Waals surface area contributed by atoms with Crippen molar-refractivity contribution in [2.24, 2.45) is 0 Å². The van der Waals surface area contributed by atoms with Gasteiger partial charge in [-0.1, -0.05) is 6.07 Å². The number of carbonyl (C=O) groups excluding carboxylic acids is 2. The van der Waals surface area contributed by atoms with Crippen LogP contribution in [0.3, 0.4) is 0 Å². The van der Waals surface area contributed by atoms with E-state index in [1.54, 1.807) is 18.5 Å². The van der Waals surface area contributed by atoms with Crippen LogP contribution in [0.5, 0.6) is 0 Å². The van der Waals surface area contributed by atoms with Crippen LogP contribution in [0.1, 0.15) is 34.3 Å². The first-order valence-electron chi connectivity index (χ1n) is 7.07. The highest BCUT2D eigenvalue weighted by atomic mass is 16.1. The summed E-state index contributed by atoms with van der Waals surface area (Å²) in [5, 5.41) is 2.83. The zero-order valence-electron chi connectivity index (χ0n) is 11.6. The van der Waals surface area contributed by atoms with Gasteiger partial charge in [0.05, 0.1) is 0 Å². The smallest absolute Gasteiger partial charge is 0.224 e. The van der Waals surface area contributed by atoms with Crippen LogP contribution in [0.4, 0.5) is 5.69 Å². The molecule has 0 bridgehead atoms. The van der Waals surface area contributed by atoms with Gasteiger partial charge in [0, 0.05) is 36.5 Å². The van der Waals surface area contributed by atoms with Crippen molar-refractivity contribution in [3.8, 4) is 0 Å². The number of hydrogen-bond acceptors (Lipinski definition) is 3. The highest BCUT2D eigenvalue weighted by Crippen LogP contribution is 2.24. The average Bonchev–Trinajstić information content (AvgIpc) is 2.53. The molecule has 1 aliphatic heterocycles. The number of benzene rings is 1. The largest absolute Gasteiger partial charge is 0.326 e. The number of rotatable bonds is 4. The van der Waals surface area contributed by atoms with Crippen LogP contribution in [0.25, 0.3) is 0 Å². The minimum Gasteiger partial charge on any atom is -0.326 e. The first-order chi connectivity index (χ1) is 10.2. The number of aromatic nitrogens is 1. The maximum atomic E-state index is 12.3. The molecule has 1 N–H and O–H groups in total. The molecule has 0 radical (unpaired) electrons. The third-order valence-electron chi connectivity index (χ3n) is 3.69. The maximum absolute atomic E-state index is 12.3. The normalized spacial score (nSPS) is 13.4. The van der Waals surface area contributed by atoms with Crippen molar-refractivity contribution >= 4 is 17.4 Å². The van der Waals surface area contributed by atoms with E-state index >= 15 is 0 Å². The molecule has 1 aromatic heterocycles. The number of Topliss-reactive ketones (excluding diaryl/α,β-unsaturated/α-hetero) is 1. The third kappa shape index (κ3) is 3.16. The number of aryl methyl sites for hydroxylation is 2. The van der Waals surface area contributed by atoms with Crippen LogP contribution in [0, 0.1) is 0 Å². The van der Waals surface area contributed by atoms with E-state index in [2.05, 4.69) is 10.3 Å². The molecule has 4 nitrogen and oxygen atoms in total. The monoisotopic (exact) mass is 280 g/mol. The number of hydrogen-bond donors (Lipinski definition) is 1. The van der Waals surface area contributed by atoms with Crippen molar-refractivity contribution in [1.29, 1.82) is 0 Å². The van der Waals surface area contributed by atoms with Gasteiger partial charge in [-0.05, 0) is 48.2 Å². The number of amides is 1. The molecule has 4 heteroatoms. The SMILES string of the molecule is O=C1CCc2cc(C(=O)CCc3cccnc3)ccc2N1. The lowest BCUT2D eigenvalue weighted by atomic mass is 9.97. The molecule has 21 heavy (non-hydrogen) atoms. The lowest BCUT2D eigenvalue weighted by Crippen LogP contribution is -2.19. The number of nitrogens with one attached hydrogen (secondary N) is 1. The standard InChI is InChI=1S/C17H16N2O2/c20-16(7-3-12-2-1-9-18-11-12)14-4-6-15-13(10-14)5-8-17(21)19-15/h1-2,4,6,9-11H,3,5,7-8H2,(H,19,21). The van der Waals surface area contributed by atoms with E-state index in [1.807, 2.05) is 24.3 Å². The Hall–Kier alpha value is -2.49.